The maximum Gasteiger partial charge on any atom is 0.434 e. The molecule has 1 aliphatic rings. The Labute approximate surface area is 178 Å². The van der Waals surface area contributed by atoms with Gasteiger partial charge in [0.2, 0.25) is 0 Å². The van der Waals surface area contributed by atoms with Crippen LogP contribution in [0.3, 0.4) is 0 Å². The molecule has 12 heteroatoms. The van der Waals surface area contributed by atoms with Gasteiger partial charge in [-0.3, -0.25) is 9.78 Å². The molecule has 4 heterocycles. The molecule has 1 amide bonds. The molecule has 1 atom stereocenters. The first-order valence-electron chi connectivity index (χ1n) is 9.19. The molecule has 0 saturated carbocycles. The van der Waals surface area contributed by atoms with Crippen LogP contribution in [0.2, 0.25) is 5.02 Å². The average Bonchev–Trinajstić information content (AvgIpc) is 3.14. The zero-order valence-electron chi connectivity index (χ0n) is 16.3. The Kier molecular flexibility index (Phi) is 5.16. The second kappa shape index (κ2) is 7.56. The minimum absolute atomic E-state index is 0.195. The molecule has 0 N–H and O–H groups in total. The third kappa shape index (κ3) is 3.62. The fourth-order valence-corrected chi connectivity index (χ4v) is 3.80. The summed E-state index contributed by atoms with van der Waals surface area (Å²) < 4.78 is 54.3. The smallest absolute Gasteiger partial charge is 0.330 e. The van der Waals surface area contributed by atoms with Crippen LogP contribution < -0.4 is 0 Å². The van der Waals surface area contributed by atoms with Crippen LogP contribution in [-0.4, -0.2) is 42.3 Å². The Morgan fingerprint density at radius 1 is 1.29 bits per heavy atom. The van der Waals surface area contributed by atoms with Gasteiger partial charge in [0, 0.05) is 19.2 Å². The van der Waals surface area contributed by atoms with E-state index in [1.54, 1.807) is 13.8 Å². The highest BCUT2D eigenvalue weighted by Gasteiger charge is 2.39. The van der Waals surface area contributed by atoms with Crippen LogP contribution in [0.5, 0.6) is 0 Å². The van der Waals surface area contributed by atoms with Crippen molar-refractivity contribution < 1.29 is 22.4 Å². The van der Waals surface area contributed by atoms with Gasteiger partial charge in [-0.15, -0.1) is 5.10 Å². The fraction of sp³-hybridized carbons (Fsp3) is 0.316. The summed E-state index contributed by atoms with van der Waals surface area (Å²) in [7, 11) is 0. The van der Waals surface area contributed by atoms with Crippen molar-refractivity contribution in [1.82, 2.24) is 29.9 Å². The summed E-state index contributed by atoms with van der Waals surface area (Å²) in [4.78, 5) is 21.7. The first-order chi connectivity index (χ1) is 14.6. The maximum atomic E-state index is 13.5. The lowest BCUT2D eigenvalue weighted by Gasteiger charge is -2.33. The van der Waals surface area contributed by atoms with E-state index in [4.69, 9.17) is 11.6 Å². The number of nitrogens with zero attached hydrogens (tertiary/aromatic N) is 6. The Morgan fingerprint density at radius 2 is 2.03 bits per heavy atom. The molecular formula is C19H15ClF4N6O. The maximum absolute atomic E-state index is 13.5. The van der Waals surface area contributed by atoms with Gasteiger partial charge in [0.25, 0.3) is 5.91 Å². The number of fused-ring (bicyclic) bond motifs is 1. The summed E-state index contributed by atoms with van der Waals surface area (Å²) >= 11 is 5.87. The highest BCUT2D eigenvalue weighted by Crippen LogP contribution is 2.36. The van der Waals surface area contributed by atoms with Crippen molar-refractivity contribution in [2.24, 2.45) is 0 Å². The van der Waals surface area contributed by atoms with Crippen LogP contribution in [0, 0.1) is 12.7 Å². The van der Waals surface area contributed by atoms with Crippen LogP contribution in [0.25, 0.3) is 5.82 Å². The van der Waals surface area contributed by atoms with Gasteiger partial charge < -0.3 is 4.90 Å². The van der Waals surface area contributed by atoms with E-state index >= 15 is 0 Å². The van der Waals surface area contributed by atoms with Crippen molar-refractivity contribution in [1.29, 1.82) is 0 Å². The van der Waals surface area contributed by atoms with Crippen LogP contribution in [0.4, 0.5) is 17.6 Å². The molecule has 0 radical (unpaired) electrons. The van der Waals surface area contributed by atoms with Crippen LogP contribution in [0.15, 0.2) is 24.5 Å². The number of hydrogen-bond acceptors (Lipinski definition) is 5. The summed E-state index contributed by atoms with van der Waals surface area (Å²) in [5, 5.41) is 7.47. The Morgan fingerprint density at radius 3 is 2.71 bits per heavy atom. The summed E-state index contributed by atoms with van der Waals surface area (Å²) in [5.74, 6) is -0.733. The van der Waals surface area contributed by atoms with Gasteiger partial charge in [-0.2, -0.15) is 17.9 Å². The number of carbonyl (C=O) groups excluding carboxylic acids is 1. The van der Waals surface area contributed by atoms with Gasteiger partial charge in [0.1, 0.15) is 11.5 Å². The highest BCUT2D eigenvalue weighted by molar-refractivity contribution is 6.34. The van der Waals surface area contributed by atoms with E-state index < -0.39 is 34.7 Å². The predicted molar refractivity (Wildman–Crippen MR) is 101 cm³/mol. The molecule has 31 heavy (non-hydrogen) atoms. The molecule has 1 unspecified atom stereocenters. The molecule has 3 aromatic rings. The Bertz CT molecular complexity index is 1180. The van der Waals surface area contributed by atoms with Crippen molar-refractivity contribution in [3.63, 3.8) is 0 Å². The van der Waals surface area contributed by atoms with Crippen LogP contribution in [0.1, 0.15) is 46.0 Å². The van der Waals surface area contributed by atoms with Crippen molar-refractivity contribution >= 4 is 17.5 Å². The average molecular weight is 455 g/mol. The van der Waals surface area contributed by atoms with Gasteiger partial charge in [-0.1, -0.05) is 16.8 Å². The number of alkyl halides is 3. The molecule has 7 nitrogen and oxygen atoms in total. The molecule has 0 bridgehead atoms. The van der Waals surface area contributed by atoms with E-state index in [0.29, 0.717) is 29.2 Å². The van der Waals surface area contributed by atoms with E-state index in [1.165, 1.54) is 15.6 Å². The van der Waals surface area contributed by atoms with E-state index in [9.17, 15) is 22.4 Å². The van der Waals surface area contributed by atoms with Crippen molar-refractivity contribution in [3.05, 3.63) is 63.6 Å². The van der Waals surface area contributed by atoms with E-state index in [1.807, 2.05) is 0 Å². The third-order valence-corrected chi connectivity index (χ3v) is 5.53. The number of carbonyl (C=O) groups is 1. The SMILES string of the molecule is Cc1cc(-n2nnc3c2CCN(C(=O)c2ccnc(C(F)(F)F)c2Cl)C3C)ncc1F. The second-order valence-electron chi connectivity index (χ2n) is 7.07. The van der Waals surface area contributed by atoms with Gasteiger partial charge >= 0.3 is 6.18 Å². The summed E-state index contributed by atoms with van der Waals surface area (Å²) in [6.07, 6.45) is -2.46. The molecule has 0 saturated heterocycles. The lowest BCUT2D eigenvalue weighted by atomic mass is 10.0. The minimum Gasteiger partial charge on any atom is -0.330 e. The molecule has 0 aliphatic carbocycles. The van der Waals surface area contributed by atoms with E-state index in [2.05, 4.69) is 20.3 Å². The molecule has 0 fully saturated rings. The van der Waals surface area contributed by atoms with E-state index in [0.717, 1.165) is 18.5 Å². The van der Waals surface area contributed by atoms with Gasteiger partial charge in [-0.05, 0) is 31.5 Å². The fourth-order valence-electron chi connectivity index (χ4n) is 3.50. The normalized spacial score (nSPS) is 16.4. The zero-order chi connectivity index (χ0) is 22.5. The minimum atomic E-state index is -4.78. The lowest BCUT2D eigenvalue weighted by molar-refractivity contribution is -0.141. The standard InChI is InChI=1S/C19H15ClF4N6O/c1-9-7-14(26-8-12(9)21)30-13-4-6-29(10(2)16(13)27-28-30)18(31)11-3-5-25-17(15(11)20)19(22,23)24/h3,5,7-8,10H,4,6H2,1-2H3. The largest absolute Gasteiger partial charge is 0.434 e. The van der Waals surface area contributed by atoms with Gasteiger partial charge in [0.05, 0.1) is 28.5 Å². The summed E-state index contributed by atoms with van der Waals surface area (Å²) in [5.41, 5.74) is -0.0456. The molecular weight excluding hydrogens is 440 g/mol. The van der Waals surface area contributed by atoms with Gasteiger partial charge in [0.15, 0.2) is 11.5 Å². The molecule has 1 aliphatic heterocycles. The summed E-state index contributed by atoms with van der Waals surface area (Å²) in [6, 6.07) is 2.11. The second-order valence-corrected chi connectivity index (χ2v) is 7.45. The van der Waals surface area contributed by atoms with Crippen molar-refractivity contribution in [2.45, 2.75) is 32.5 Å². The van der Waals surface area contributed by atoms with Crippen molar-refractivity contribution in [3.8, 4) is 5.82 Å². The number of pyridine rings is 2. The van der Waals surface area contributed by atoms with Gasteiger partial charge in [-0.25, -0.2) is 9.37 Å². The number of aryl methyl sites for hydroxylation is 1. The van der Waals surface area contributed by atoms with Crippen LogP contribution >= 0.6 is 11.6 Å². The lowest BCUT2D eigenvalue weighted by Crippen LogP contribution is -2.39. The Hall–Kier alpha value is -3.08. The number of halogens is 5. The number of aromatic nitrogens is 5. The summed E-state index contributed by atoms with van der Waals surface area (Å²) in [6.45, 7) is 3.49. The Balaban J connectivity index is 1.66. The monoisotopic (exact) mass is 454 g/mol. The predicted octanol–water partition coefficient (Wildman–Crippen LogP) is 3.94. The number of hydrogen-bond donors (Lipinski definition) is 0. The third-order valence-electron chi connectivity index (χ3n) is 5.14. The first-order valence-corrected chi connectivity index (χ1v) is 9.57. The van der Waals surface area contributed by atoms with Crippen LogP contribution in [-0.2, 0) is 12.6 Å². The highest BCUT2D eigenvalue weighted by atomic mass is 35.5. The van der Waals surface area contributed by atoms with E-state index in [-0.39, 0.29) is 12.1 Å². The molecule has 4 rings (SSSR count). The first kappa shape index (κ1) is 21.2. The van der Waals surface area contributed by atoms with Crippen molar-refractivity contribution in [2.75, 3.05) is 6.54 Å². The number of amides is 1. The molecule has 0 aromatic carbocycles. The topological polar surface area (TPSA) is 76.8 Å². The quantitative estimate of drug-likeness (QED) is 0.548. The number of rotatable bonds is 2. The molecule has 162 valence electrons. The zero-order valence-corrected chi connectivity index (χ0v) is 17.0. The molecule has 3 aromatic heterocycles. The molecule has 0 spiro atoms.